The number of Topliss-reactive ketones (excluding diaryl/α,β-unsaturated/α-hetero) is 1. The van der Waals surface area contributed by atoms with Crippen LogP contribution in [0, 0.1) is 0 Å². The Bertz CT molecular complexity index is 448. The quantitative estimate of drug-likeness (QED) is 0.121. The second-order valence-electron chi connectivity index (χ2n) is 7.31. The van der Waals surface area contributed by atoms with Crippen LogP contribution in [0.4, 0.5) is 0 Å². The van der Waals surface area contributed by atoms with Gasteiger partial charge in [-0.2, -0.15) is 0 Å². The van der Waals surface area contributed by atoms with E-state index in [0.717, 1.165) is 19.3 Å². The van der Waals surface area contributed by atoms with Crippen LogP contribution in [-0.2, 0) is 23.4 Å². The van der Waals surface area contributed by atoms with Gasteiger partial charge in [-0.25, -0.2) is 4.57 Å². The van der Waals surface area contributed by atoms with Gasteiger partial charge in [0.05, 0.1) is 0 Å². The average molecular weight is 424 g/mol. The molecule has 2 N–H and O–H groups in total. The summed E-state index contributed by atoms with van der Waals surface area (Å²) in [5.74, 6) is -1.15. The number of ether oxygens (including phenoxy) is 1. The van der Waals surface area contributed by atoms with E-state index in [1.54, 1.807) is 0 Å². The molecule has 0 radical (unpaired) electrons. The number of phosphoric ester groups is 1. The SMILES string of the molecule is CCCCCCCCCCCCCCCCC(=O)[18O]CC(=O)COP(=O)(O)O. The number of hydrogen-bond donors (Lipinski definition) is 2. The molecule has 0 saturated heterocycles. The zero-order valence-electron chi connectivity index (χ0n) is 17.4. The fourth-order valence-electron chi connectivity index (χ4n) is 2.89. The second kappa shape index (κ2) is 18.3. The number of unbranched alkanes of at least 4 members (excludes halogenated alkanes) is 13. The van der Waals surface area contributed by atoms with Gasteiger partial charge in [-0.05, 0) is 6.42 Å². The van der Waals surface area contributed by atoms with Crippen molar-refractivity contribution >= 4 is 19.6 Å². The third-order valence-electron chi connectivity index (χ3n) is 4.52. The number of ketones is 1. The lowest BCUT2D eigenvalue weighted by Gasteiger charge is -2.06. The first-order valence-electron chi connectivity index (χ1n) is 10.7. The first-order chi connectivity index (χ1) is 13.3. The van der Waals surface area contributed by atoms with Gasteiger partial charge in [0.1, 0.15) is 6.61 Å². The smallest absolute Gasteiger partial charge is 0.458 e. The zero-order chi connectivity index (χ0) is 21.1. The molecule has 0 rings (SSSR count). The Labute approximate surface area is 169 Å². The van der Waals surface area contributed by atoms with Gasteiger partial charge in [0, 0.05) is 6.42 Å². The van der Waals surface area contributed by atoms with Gasteiger partial charge >= 0.3 is 13.8 Å². The summed E-state index contributed by atoms with van der Waals surface area (Å²) >= 11 is 0. The Morgan fingerprint density at radius 3 is 1.64 bits per heavy atom. The maximum atomic E-state index is 11.5. The highest BCUT2D eigenvalue weighted by Crippen LogP contribution is 2.35. The summed E-state index contributed by atoms with van der Waals surface area (Å²) in [7, 11) is -4.67. The van der Waals surface area contributed by atoms with E-state index >= 15 is 0 Å². The molecule has 166 valence electrons. The first-order valence-corrected chi connectivity index (χ1v) is 12.3. The van der Waals surface area contributed by atoms with Crippen LogP contribution in [0.3, 0.4) is 0 Å². The molecule has 0 aliphatic rings. The molecule has 28 heavy (non-hydrogen) atoms. The maximum Gasteiger partial charge on any atom is 0.470 e. The van der Waals surface area contributed by atoms with Gasteiger partial charge < -0.3 is 14.5 Å². The van der Waals surface area contributed by atoms with Crippen LogP contribution in [0.25, 0.3) is 0 Å². The van der Waals surface area contributed by atoms with Crippen molar-refractivity contribution in [2.45, 2.75) is 103 Å². The van der Waals surface area contributed by atoms with Crippen LogP contribution in [0.2, 0.25) is 0 Å². The van der Waals surface area contributed by atoms with Crippen LogP contribution >= 0.6 is 7.82 Å². The van der Waals surface area contributed by atoms with Crippen molar-refractivity contribution in [1.82, 2.24) is 0 Å². The molecule has 0 aromatic carbocycles. The molecule has 0 aromatic heterocycles. The first kappa shape index (κ1) is 27.2. The molecule has 0 amide bonds. The molecule has 0 aliphatic carbocycles. The number of hydrogen-bond acceptors (Lipinski definition) is 5. The number of carbonyl (C=O) groups is 2. The predicted octanol–water partition coefficient (Wildman–Crippen LogP) is 5.08. The van der Waals surface area contributed by atoms with E-state index in [9.17, 15) is 14.2 Å². The second-order valence-corrected chi connectivity index (χ2v) is 8.55. The van der Waals surface area contributed by atoms with Crippen molar-refractivity contribution < 1.29 is 33.2 Å². The predicted molar refractivity (Wildman–Crippen MR) is 109 cm³/mol. The van der Waals surface area contributed by atoms with Crippen LogP contribution in [0.1, 0.15) is 103 Å². The topological polar surface area (TPSA) is 110 Å². The van der Waals surface area contributed by atoms with Crippen molar-refractivity contribution in [3.8, 4) is 0 Å². The summed E-state index contributed by atoms with van der Waals surface area (Å²) in [6.07, 6.45) is 17.6. The van der Waals surface area contributed by atoms with E-state index in [4.69, 9.17) is 14.5 Å². The van der Waals surface area contributed by atoms with Crippen LogP contribution in [-0.4, -0.2) is 34.8 Å². The van der Waals surface area contributed by atoms with Crippen LogP contribution < -0.4 is 0 Å². The Morgan fingerprint density at radius 1 is 0.786 bits per heavy atom. The minimum absolute atomic E-state index is 0.255. The van der Waals surface area contributed by atoms with Crippen LogP contribution in [0.15, 0.2) is 0 Å². The third kappa shape index (κ3) is 21.5. The molecule has 7 nitrogen and oxygen atoms in total. The highest BCUT2D eigenvalue weighted by atomic mass is 31.2. The van der Waals surface area contributed by atoms with Crippen molar-refractivity contribution in [2.24, 2.45) is 0 Å². The molecule has 0 bridgehead atoms. The molecule has 0 unspecified atom stereocenters. The Balaban J connectivity index is 3.32. The normalized spacial score (nSPS) is 11.5. The molecule has 0 saturated carbocycles. The number of esters is 1. The summed E-state index contributed by atoms with van der Waals surface area (Å²) in [5.41, 5.74) is 0. The minimum Gasteiger partial charge on any atom is -0.458 e. The van der Waals surface area contributed by atoms with E-state index in [1.807, 2.05) is 0 Å². The van der Waals surface area contributed by atoms with Crippen molar-refractivity contribution in [1.29, 1.82) is 0 Å². The lowest BCUT2D eigenvalue weighted by Crippen LogP contribution is -2.17. The largest absolute Gasteiger partial charge is 0.470 e. The fraction of sp³-hybridized carbons (Fsp3) is 0.900. The summed E-state index contributed by atoms with van der Waals surface area (Å²) in [6, 6.07) is 0. The lowest BCUT2D eigenvalue weighted by atomic mass is 10.0. The van der Waals surface area contributed by atoms with E-state index in [2.05, 4.69) is 11.4 Å². The standard InChI is InChI=1S/C20H39O7P/c1-2-3-4-5-6-7-8-9-10-11-12-13-14-15-16-20(22)26-17-19(21)18-27-28(23,24)25/h2-18H2,1H3,(H2,23,24,25)/i26+2. The number of rotatable bonds is 20. The Morgan fingerprint density at radius 2 is 1.21 bits per heavy atom. The highest BCUT2D eigenvalue weighted by Gasteiger charge is 2.17. The molecule has 0 fully saturated rings. The van der Waals surface area contributed by atoms with E-state index in [-0.39, 0.29) is 6.42 Å². The summed E-state index contributed by atoms with van der Waals surface area (Å²) < 4.78 is 19.2. The van der Waals surface area contributed by atoms with Crippen molar-refractivity contribution in [3.63, 3.8) is 0 Å². The van der Waals surface area contributed by atoms with Gasteiger partial charge in [-0.3, -0.25) is 14.1 Å². The van der Waals surface area contributed by atoms with Gasteiger partial charge in [0.2, 0.25) is 0 Å². The lowest BCUT2D eigenvalue weighted by molar-refractivity contribution is -0.148. The molecular formula is C20H39O7P. The Kier molecular flexibility index (Phi) is 17.8. The minimum atomic E-state index is -4.67. The van der Waals surface area contributed by atoms with E-state index in [1.165, 1.54) is 70.6 Å². The molecule has 8 heteroatoms. The van der Waals surface area contributed by atoms with Gasteiger partial charge in [0.15, 0.2) is 12.4 Å². The molecule has 0 aromatic rings. The maximum absolute atomic E-state index is 11.5. The van der Waals surface area contributed by atoms with Crippen LogP contribution in [0.5, 0.6) is 0 Å². The third-order valence-corrected chi connectivity index (χ3v) is 4.99. The molecule has 0 atom stereocenters. The van der Waals surface area contributed by atoms with Gasteiger partial charge in [0.25, 0.3) is 0 Å². The summed E-state index contributed by atoms with van der Waals surface area (Å²) in [4.78, 5) is 39.7. The Hall–Kier alpha value is -0.750. The zero-order valence-corrected chi connectivity index (χ0v) is 18.3. The monoisotopic (exact) mass is 424 g/mol. The molecule has 0 spiro atoms. The van der Waals surface area contributed by atoms with Gasteiger partial charge in [-0.15, -0.1) is 0 Å². The number of carbonyl (C=O) groups excluding carboxylic acids is 2. The van der Waals surface area contributed by atoms with Crippen molar-refractivity contribution in [3.05, 3.63) is 0 Å². The molecular weight excluding hydrogens is 385 g/mol. The van der Waals surface area contributed by atoms with E-state index < -0.39 is 32.8 Å². The summed E-state index contributed by atoms with van der Waals surface area (Å²) in [5, 5.41) is 0. The fourth-order valence-corrected chi connectivity index (χ4v) is 3.21. The molecule has 0 heterocycles. The van der Waals surface area contributed by atoms with E-state index in [0.29, 0.717) is 0 Å². The number of phosphoric acid groups is 1. The summed E-state index contributed by atoms with van der Waals surface area (Å²) in [6.45, 7) is 0.958. The highest BCUT2D eigenvalue weighted by molar-refractivity contribution is 7.46. The average Bonchev–Trinajstić information content (AvgIpc) is 2.64. The van der Waals surface area contributed by atoms with Crippen molar-refractivity contribution in [2.75, 3.05) is 13.2 Å². The van der Waals surface area contributed by atoms with Gasteiger partial charge in [-0.1, -0.05) is 90.4 Å². The molecule has 0 aliphatic heterocycles.